The second-order valence-corrected chi connectivity index (χ2v) is 6.58. The molecule has 2 aliphatic rings. The lowest BCUT2D eigenvalue weighted by Gasteiger charge is -2.26. The van der Waals surface area contributed by atoms with Gasteiger partial charge in [-0.2, -0.15) is 0 Å². The molecule has 2 heterocycles. The molecule has 0 bridgehead atoms. The van der Waals surface area contributed by atoms with E-state index in [0.717, 1.165) is 31.9 Å². The molecule has 1 aromatic heterocycles. The summed E-state index contributed by atoms with van der Waals surface area (Å²) >= 11 is 0. The molecule has 130 valence electrons. The van der Waals surface area contributed by atoms with Crippen molar-refractivity contribution in [3.05, 3.63) is 23.7 Å². The molecule has 24 heavy (non-hydrogen) atoms. The van der Waals surface area contributed by atoms with Gasteiger partial charge in [-0.1, -0.05) is 19.3 Å². The van der Waals surface area contributed by atoms with Gasteiger partial charge in [-0.15, -0.1) is 0 Å². The summed E-state index contributed by atoms with van der Waals surface area (Å²) in [5, 5.41) is 11.7. The highest BCUT2D eigenvalue weighted by molar-refractivity contribution is 5.95. The van der Waals surface area contributed by atoms with E-state index >= 15 is 0 Å². The van der Waals surface area contributed by atoms with Crippen molar-refractivity contribution in [2.45, 2.75) is 44.6 Å². The zero-order valence-corrected chi connectivity index (χ0v) is 13.5. The summed E-state index contributed by atoms with van der Waals surface area (Å²) in [6.07, 6.45) is 7.14. The highest BCUT2D eigenvalue weighted by atomic mass is 16.4. The second kappa shape index (κ2) is 7.07. The van der Waals surface area contributed by atoms with E-state index < -0.39 is 11.9 Å². The lowest BCUT2D eigenvalue weighted by atomic mass is 9.88. The van der Waals surface area contributed by atoms with Crippen molar-refractivity contribution >= 4 is 17.8 Å². The Morgan fingerprint density at radius 1 is 1.17 bits per heavy atom. The van der Waals surface area contributed by atoms with E-state index in [1.165, 1.54) is 12.5 Å². The maximum atomic E-state index is 12.5. The predicted molar refractivity (Wildman–Crippen MR) is 84.7 cm³/mol. The largest absolute Gasteiger partial charge is 0.478 e. The van der Waals surface area contributed by atoms with E-state index in [1.54, 1.807) is 0 Å². The molecule has 2 fully saturated rings. The minimum Gasteiger partial charge on any atom is -0.478 e. The van der Waals surface area contributed by atoms with Crippen molar-refractivity contribution in [1.29, 1.82) is 0 Å². The number of amides is 2. The second-order valence-electron chi connectivity index (χ2n) is 6.58. The quantitative estimate of drug-likeness (QED) is 0.876. The van der Waals surface area contributed by atoms with Gasteiger partial charge in [-0.25, -0.2) is 4.79 Å². The number of hydrogen-bond donors (Lipinski definition) is 2. The van der Waals surface area contributed by atoms with Crippen LogP contribution in [0, 0.1) is 5.92 Å². The lowest BCUT2D eigenvalue weighted by Crippen LogP contribution is -2.40. The van der Waals surface area contributed by atoms with E-state index in [2.05, 4.69) is 5.32 Å². The minimum atomic E-state index is -1.14. The van der Waals surface area contributed by atoms with Crippen LogP contribution in [0.3, 0.4) is 0 Å². The lowest BCUT2D eigenvalue weighted by molar-refractivity contribution is -0.135. The van der Waals surface area contributed by atoms with E-state index in [9.17, 15) is 14.4 Å². The van der Waals surface area contributed by atoms with Crippen LogP contribution in [0.4, 0.5) is 0 Å². The molecule has 0 spiro atoms. The fraction of sp³-hybridized carbons (Fsp3) is 0.588. The molecule has 1 saturated heterocycles. The van der Waals surface area contributed by atoms with Gasteiger partial charge < -0.3 is 19.7 Å². The third kappa shape index (κ3) is 3.60. The fourth-order valence-corrected chi connectivity index (χ4v) is 3.51. The van der Waals surface area contributed by atoms with Gasteiger partial charge in [0.2, 0.25) is 5.91 Å². The maximum absolute atomic E-state index is 12.5. The third-order valence-corrected chi connectivity index (χ3v) is 4.86. The Kier molecular flexibility index (Phi) is 4.87. The molecule has 7 nitrogen and oxygen atoms in total. The van der Waals surface area contributed by atoms with Crippen LogP contribution in [0.2, 0.25) is 0 Å². The van der Waals surface area contributed by atoms with Crippen molar-refractivity contribution < 1.29 is 23.9 Å². The van der Waals surface area contributed by atoms with Crippen LogP contribution in [-0.2, 0) is 4.79 Å². The number of carbonyl (C=O) groups is 3. The summed E-state index contributed by atoms with van der Waals surface area (Å²) in [5.41, 5.74) is -0.0549. The van der Waals surface area contributed by atoms with Crippen LogP contribution >= 0.6 is 0 Å². The summed E-state index contributed by atoms with van der Waals surface area (Å²) in [5.74, 6) is -1.26. The number of carboxylic acid groups (broad SMARTS) is 1. The number of likely N-dealkylation sites (tertiary alicyclic amines) is 1. The summed E-state index contributed by atoms with van der Waals surface area (Å²) in [4.78, 5) is 37.3. The highest BCUT2D eigenvalue weighted by Crippen LogP contribution is 2.26. The Balaban J connectivity index is 1.52. The first-order chi connectivity index (χ1) is 11.5. The Bertz CT molecular complexity index is 633. The van der Waals surface area contributed by atoms with E-state index in [0.29, 0.717) is 19.5 Å². The number of carboxylic acids is 1. The normalized spacial score (nSPS) is 21.7. The topological polar surface area (TPSA) is 99.8 Å². The van der Waals surface area contributed by atoms with E-state index in [4.69, 9.17) is 9.52 Å². The van der Waals surface area contributed by atoms with Crippen LogP contribution in [0.25, 0.3) is 0 Å². The summed E-state index contributed by atoms with van der Waals surface area (Å²) in [7, 11) is 0. The average molecular weight is 334 g/mol. The standard InChI is InChI=1S/C17H22N2O5/c20-15(14-8-12(10-24-14)17(22)23)18-13-6-7-19(9-13)16(21)11-4-2-1-3-5-11/h8,10-11,13H,1-7,9H2,(H,18,20)(H,22,23). The van der Waals surface area contributed by atoms with Crippen molar-refractivity contribution in [2.75, 3.05) is 13.1 Å². The summed E-state index contributed by atoms with van der Waals surface area (Å²) < 4.78 is 4.99. The number of nitrogens with zero attached hydrogens (tertiary/aromatic N) is 1. The van der Waals surface area contributed by atoms with Crippen LogP contribution in [-0.4, -0.2) is 46.9 Å². The van der Waals surface area contributed by atoms with Crippen molar-refractivity contribution in [3.8, 4) is 0 Å². The molecule has 1 aliphatic carbocycles. The number of nitrogens with one attached hydrogen (secondary N) is 1. The van der Waals surface area contributed by atoms with Gasteiger partial charge in [0.05, 0.1) is 5.56 Å². The van der Waals surface area contributed by atoms with Gasteiger partial charge in [0.15, 0.2) is 5.76 Å². The first kappa shape index (κ1) is 16.5. The van der Waals surface area contributed by atoms with Crippen LogP contribution in [0.15, 0.2) is 16.7 Å². The summed E-state index contributed by atoms with van der Waals surface area (Å²) in [6, 6.07) is 1.08. The number of carbonyl (C=O) groups excluding carboxylic acids is 2. The molecular formula is C17H22N2O5. The van der Waals surface area contributed by atoms with Gasteiger partial charge in [-0.05, 0) is 19.3 Å². The van der Waals surface area contributed by atoms with Crippen LogP contribution < -0.4 is 5.32 Å². The number of aromatic carboxylic acids is 1. The van der Waals surface area contributed by atoms with Gasteiger partial charge >= 0.3 is 5.97 Å². The molecule has 1 aliphatic heterocycles. The van der Waals surface area contributed by atoms with Gasteiger partial charge in [0.1, 0.15) is 6.26 Å². The molecule has 1 saturated carbocycles. The van der Waals surface area contributed by atoms with Crippen molar-refractivity contribution in [2.24, 2.45) is 5.92 Å². The van der Waals surface area contributed by atoms with E-state index in [-0.39, 0.29) is 29.2 Å². The Morgan fingerprint density at radius 3 is 2.58 bits per heavy atom. The zero-order valence-electron chi connectivity index (χ0n) is 13.5. The molecule has 1 aromatic rings. The first-order valence-electron chi connectivity index (χ1n) is 8.46. The average Bonchev–Trinajstić information content (AvgIpc) is 3.24. The SMILES string of the molecule is O=C(O)c1coc(C(=O)NC2CCN(C(=O)C3CCCCC3)C2)c1. The Morgan fingerprint density at radius 2 is 1.92 bits per heavy atom. The van der Waals surface area contributed by atoms with Crippen molar-refractivity contribution in [3.63, 3.8) is 0 Å². The minimum absolute atomic E-state index is 0.0237. The molecule has 0 radical (unpaired) electrons. The number of hydrogen-bond acceptors (Lipinski definition) is 4. The molecule has 0 aromatic carbocycles. The monoisotopic (exact) mass is 334 g/mol. The Hall–Kier alpha value is -2.31. The number of furan rings is 1. The first-order valence-corrected chi connectivity index (χ1v) is 8.46. The smallest absolute Gasteiger partial charge is 0.338 e. The maximum Gasteiger partial charge on any atom is 0.338 e. The van der Waals surface area contributed by atoms with Crippen LogP contribution in [0.1, 0.15) is 59.4 Å². The van der Waals surface area contributed by atoms with Crippen molar-refractivity contribution in [1.82, 2.24) is 10.2 Å². The molecule has 7 heteroatoms. The van der Waals surface area contributed by atoms with Gasteiger partial charge in [0.25, 0.3) is 5.91 Å². The number of rotatable bonds is 4. The molecule has 2 amide bonds. The molecule has 2 N–H and O–H groups in total. The zero-order chi connectivity index (χ0) is 17.1. The summed E-state index contributed by atoms with van der Waals surface area (Å²) in [6.45, 7) is 1.16. The molecule has 1 unspecified atom stereocenters. The predicted octanol–water partition coefficient (Wildman–Crippen LogP) is 1.89. The fourth-order valence-electron chi connectivity index (χ4n) is 3.51. The van der Waals surface area contributed by atoms with Crippen LogP contribution in [0.5, 0.6) is 0 Å². The van der Waals surface area contributed by atoms with Gasteiger partial charge in [-0.3, -0.25) is 9.59 Å². The van der Waals surface area contributed by atoms with E-state index in [1.807, 2.05) is 4.90 Å². The van der Waals surface area contributed by atoms with Gasteiger partial charge in [0, 0.05) is 31.1 Å². The molecular weight excluding hydrogens is 312 g/mol. The third-order valence-electron chi connectivity index (χ3n) is 4.86. The highest BCUT2D eigenvalue weighted by Gasteiger charge is 2.32. The molecule has 3 rings (SSSR count). The Labute approximate surface area is 140 Å². The molecule has 1 atom stereocenters.